The zero-order chi connectivity index (χ0) is 31.6. The number of carbonyl (C=O) groups excluding carboxylic acids is 1. The fraction of sp³-hybridized carbons (Fsp3) is 0.536. The molecular weight excluding hydrogens is 592 g/mol. The minimum atomic E-state index is -1.79. The Morgan fingerprint density at radius 2 is 1.50 bits per heavy atom. The molecule has 2 aromatic carbocycles. The van der Waals surface area contributed by atoms with Gasteiger partial charge in [-0.05, 0) is 31.0 Å². The van der Waals surface area contributed by atoms with E-state index < -0.39 is 90.9 Å². The number of aryl methyl sites for hydroxylation is 1. The Morgan fingerprint density at radius 3 is 2.09 bits per heavy atom. The second-order valence-corrected chi connectivity index (χ2v) is 10.4. The molecule has 0 radical (unpaired) electrons. The molecule has 2 aromatic rings. The third kappa shape index (κ3) is 7.32. The van der Waals surface area contributed by atoms with Crippen molar-refractivity contribution in [3.8, 4) is 28.7 Å². The number of benzene rings is 2. The minimum absolute atomic E-state index is 0. The molecule has 0 aromatic heterocycles. The van der Waals surface area contributed by atoms with Gasteiger partial charge in [0.25, 0.3) is 0 Å². The average molecular weight is 631 g/mol. The van der Waals surface area contributed by atoms with E-state index in [1.165, 1.54) is 26.2 Å². The minimum Gasteiger partial charge on any atom is -0.507 e. The van der Waals surface area contributed by atoms with Gasteiger partial charge in [-0.15, -0.1) is 0 Å². The lowest BCUT2D eigenvalue weighted by Crippen LogP contribution is -2.64. The summed E-state index contributed by atoms with van der Waals surface area (Å²) in [5.41, 5.74) is 0.208. The fourth-order valence-corrected chi connectivity index (χ4v) is 4.93. The zero-order valence-electron chi connectivity index (χ0n) is 23.8. The quantitative estimate of drug-likeness (QED) is 0.126. The normalized spacial score (nSPS) is 32.0. The van der Waals surface area contributed by atoms with Crippen LogP contribution in [0, 0.1) is 0 Å². The largest absolute Gasteiger partial charge is 0.507 e. The van der Waals surface area contributed by atoms with Crippen LogP contribution in [-0.4, -0.2) is 132 Å². The molecule has 2 aliphatic rings. The van der Waals surface area contributed by atoms with Crippen molar-refractivity contribution in [3.63, 3.8) is 0 Å². The van der Waals surface area contributed by atoms with Gasteiger partial charge in [0.2, 0.25) is 6.29 Å². The van der Waals surface area contributed by atoms with E-state index in [1.54, 1.807) is 6.07 Å². The number of phenols is 3. The Balaban J connectivity index is 0.00000529. The molecule has 0 saturated carbocycles. The van der Waals surface area contributed by atoms with Crippen molar-refractivity contribution in [2.45, 2.75) is 81.2 Å². The summed E-state index contributed by atoms with van der Waals surface area (Å²) in [5, 5.41) is 92.3. The lowest BCUT2D eigenvalue weighted by atomic mass is 9.97. The summed E-state index contributed by atoms with van der Waals surface area (Å²) in [6.07, 6.45) is -15.5. The molecule has 11 N–H and O–H groups in total. The summed E-state index contributed by atoms with van der Waals surface area (Å²) >= 11 is 0. The van der Waals surface area contributed by atoms with Gasteiger partial charge in [0.1, 0.15) is 59.4 Å². The van der Waals surface area contributed by atoms with Crippen LogP contribution in [0.3, 0.4) is 0 Å². The number of phenolic OH excluding ortho intramolecular Hbond substituents is 3. The molecular formula is C28H38O16. The van der Waals surface area contributed by atoms with Crippen LogP contribution in [-0.2, 0) is 20.6 Å². The first kappa shape index (κ1) is 35.2. The average Bonchev–Trinajstić information content (AvgIpc) is 2.96. The number of hydrogen-bond acceptors (Lipinski definition) is 15. The van der Waals surface area contributed by atoms with Crippen molar-refractivity contribution in [1.29, 1.82) is 0 Å². The van der Waals surface area contributed by atoms with Crippen LogP contribution in [0.5, 0.6) is 28.7 Å². The number of aliphatic hydroxyl groups is 6. The highest BCUT2D eigenvalue weighted by atomic mass is 16.8. The Morgan fingerprint density at radius 1 is 0.841 bits per heavy atom. The maximum Gasteiger partial charge on any atom is 0.229 e. The van der Waals surface area contributed by atoms with Gasteiger partial charge < -0.3 is 75.1 Å². The Labute approximate surface area is 251 Å². The molecule has 0 amide bonds. The lowest BCUT2D eigenvalue weighted by Gasteiger charge is -2.45. The topological polar surface area (TPSA) is 277 Å². The number of aromatic hydroxyl groups is 3. The van der Waals surface area contributed by atoms with Crippen molar-refractivity contribution < 1.29 is 79.9 Å². The van der Waals surface area contributed by atoms with Gasteiger partial charge in [0, 0.05) is 18.6 Å². The maximum absolute atomic E-state index is 12.9. The van der Waals surface area contributed by atoms with E-state index >= 15 is 0 Å². The molecule has 0 aliphatic carbocycles. The number of methoxy groups -OCH3 is 1. The van der Waals surface area contributed by atoms with E-state index in [1.807, 2.05) is 0 Å². The highest BCUT2D eigenvalue weighted by molar-refractivity contribution is 6.01. The predicted molar refractivity (Wildman–Crippen MR) is 146 cm³/mol. The maximum atomic E-state index is 12.9. The first-order valence-electron chi connectivity index (χ1n) is 13.5. The van der Waals surface area contributed by atoms with Crippen LogP contribution in [0.4, 0.5) is 0 Å². The number of rotatable bonds is 10. The standard InChI is InChI=1S/C28H36O15.H2O/c1-11-21(34)23(36)25(38)27(40-11)43-26-24(37)22(35)19(10-29)42-28(26)41-13-8-16(32)20(17(33)9-13)14(30)5-3-12-4-6-18(39-2)15(31)7-12;/h4,6-9,11,19,21-29,31-38H,3,5,10H2,1-2H3;1H2/t11-,19+,21-,22+,23?,24-,25+,26+,27-,28+;/m0./s1. The monoisotopic (exact) mass is 630 g/mol. The van der Waals surface area contributed by atoms with Crippen LogP contribution in [0.15, 0.2) is 30.3 Å². The van der Waals surface area contributed by atoms with E-state index in [2.05, 4.69) is 0 Å². The smallest absolute Gasteiger partial charge is 0.229 e. The van der Waals surface area contributed by atoms with Crippen LogP contribution in [0.2, 0.25) is 0 Å². The SMILES string of the molecule is COc1ccc(CCC(=O)c2c(O)cc(O[C@@H]3O[C@H](CO)[C@@H](O)[C@H](O)[C@H]3O[C@@H]3O[C@@H](C)[C@H](O)C(O)[C@H]3O)cc2O)cc1O.O. The molecule has 44 heavy (non-hydrogen) atoms. The van der Waals surface area contributed by atoms with Crippen molar-refractivity contribution in [2.24, 2.45) is 0 Å². The van der Waals surface area contributed by atoms with Crippen molar-refractivity contribution in [3.05, 3.63) is 41.5 Å². The van der Waals surface area contributed by atoms with Gasteiger partial charge >= 0.3 is 0 Å². The van der Waals surface area contributed by atoms with Gasteiger partial charge in [-0.3, -0.25) is 4.79 Å². The molecule has 2 fully saturated rings. The molecule has 10 atom stereocenters. The van der Waals surface area contributed by atoms with Crippen LogP contribution in [0.25, 0.3) is 0 Å². The van der Waals surface area contributed by atoms with Gasteiger partial charge in [-0.1, -0.05) is 6.07 Å². The van der Waals surface area contributed by atoms with E-state index in [0.717, 1.165) is 12.1 Å². The predicted octanol–water partition coefficient (Wildman–Crippen LogP) is -2.17. The zero-order valence-corrected chi connectivity index (χ0v) is 23.8. The van der Waals surface area contributed by atoms with Gasteiger partial charge in [-0.25, -0.2) is 0 Å². The second kappa shape index (κ2) is 14.7. The molecule has 2 aliphatic heterocycles. The first-order valence-corrected chi connectivity index (χ1v) is 13.5. The molecule has 0 spiro atoms. The Hall–Kier alpha value is -3.29. The number of Topliss-reactive ketones (excluding diaryl/α,β-unsaturated/α-hetero) is 1. The van der Waals surface area contributed by atoms with Crippen LogP contribution < -0.4 is 9.47 Å². The van der Waals surface area contributed by atoms with Crippen molar-refractivity contribution in [2.75, 3.05) is 13.7 Å². The Bertz CT molecular complexity index is 1250. The molecule has 1 unspecified atom stereocenters. The van der Waals surface area contributed by atoms with E-state index in [4.69, 9.17) is 23.7 Å². The van der Waals surface area contributed by atoms with E-state index in [-0.39, 0.29) is 35.6 Å². The van der Waals surface area contributed by atoms with Crippen molar-refractivity contribution in [1.82, 2.24) is 0 Å². The van der Waals surface area contributed by atoms with Crippen LogP contribution >= 0.6 is 0 Å². The fourth-order valence-electron chi connectivity index (χ4n) is 4.93. The van der Waals surface area contributed by atoms with E-state index in [9.17, 15) is 50.8 Å². The molecule has 2 saturated heterocycles. The molecule has 246 valence electrons. The Kier molecular flexibility index (Phi) is 11.7. The summed E-state index contributed by atoms with van der Waals surface area (Å²) < 4.78 is 27.2. The molecule has 4 rings (SSSR count). The third-order valence-electron chi connectivity index (χ3n) is 7.41. The summed E-state index contributed by atoms with van der Waals surface area (Å²) in [7, 11) is 1.40. The highest BCUT2D eigenvalue weighted by Crippen LogP contribution is 2.37. The third-order valence-corrected chi connectivity index (χ3v) is 7.41. The number of carbonyl (C=O) groups is 1. The number of aliphatic hydroxyl groups excluding tert-OH is 6. The molecule has 16 nitrogen and oxygen atoms in total. The second-order valence-electron chi connectivity index (χ2n) is 10.4. The lowest BCUT2D eigenvalue weighted by molar-refractivity contribution is -0.354. The summed E-state index contributed by atoms with van der Waals surface area (Å²) in [4.78, 5) is 12.9. The highest BCUT2D eigenvalue weighted by Gasteiger charge is 2.51. The number of ether oxygens (including phenoxy) is 5. The van der Waals surface area contributed by atoms with Gasteiger partial charge in [-0.2, -0.15) is 0 Å². The molecule has 2 heterocycles. The van der Waals surface area contributed by atoms with Gasteiger partial charge in [0.15, 0.2) is 29.7 Å². The van der Waals surface area contributed by atoms with Crippen LogP contribution in [0.1, 0.15) is 29.3 Å². The molecule has 0 bridgehead atoms. The molecule has 16 heteroatoms. The summed E-state index contributed by atoms with van der Waals surface area (Å²) in [5.74, 6) is -2.04. The summed E-state index contributed by atoms with van der Waals surface area (Å²) in [6, 6.07) is 6.59. The van der Waals surface area contributed by atoms with Crippen molar-refractivity contribution >= 4 is 5.78 Å². The summed E-state index contributed by atoms with van der Waals surface area (Å²) in [6.45, 7) is 0.662. The van der Waals surface area contributed by atoms with E-state index in [0.29, 0.717) is 5.56 Å². The number of ketones is 1. The first-order chi connectivity index (χ1) is 20.4. The number of hydrogen-bond donors (Lipinski definition) is 9. The van der Waals surface area contributed by atoms with Gasteiger partial charge in [0.05, 0.1) is 19.8 Å².